The molecule has 0 saturated carbocycles. The zero-order valence-corrected chi connectivity index (χ0v) is 11.7. The molecular formula is C15H16N2O4. The molecule has 1 aromatic carbocycles. The summed E-state index contributed by atoms with van der Waals surface area (Å²) >= 11 is 0. The number of rotatable bonds is 3. The van der Waals surface area contributed by atoms with Crippen LogP contribution in [0.15, 0.2) is 24.3 Å². The van der Waals surface area contributed by atoms with Gasteiger partial charge < -0.3 is 14.7 Å². The fourth-order valence-electron chi connectivity index (χ4n) is 2.34. The summed E-state index contributed by atoms with van der Waals surface area (Å²) in [5.41, 5.74) is 1.22. The van der Waals surface area contributed by atoms with E-state index in [1.807, 2.05) is 6.07 Å². The van der Waals surface area contributed by atoms with Crippen LogP contribution in [0.25, 0.3) is 0 Å². The third-order valence-electron chi connectivity index (χ3n) is 3.28. The van der Waals surface area contributed by atoms with Crippen LogP contribution in [0, 0.1) is 11.3 Å². The average molecular weight is 288 g/mol. The Kier molecular flexibility index (Phi) is 4.55. The van der Waals surface area contributed by atoms with E-state index in [4.69, 9.17) is 15.1 Å². The summed E-state index contributed by atoms with van der Waals surface area (Å²) in [6.45, 7) is 2.12. The molecule has 1 amide bonds. The van der Waals surface area contributed by atoms with Gasteiger partial charge in [0.2, 0.25) is 0 Å². The highest BCUT2D eigenvalue weighted by molar-refractivity contribution is 5.94. The van der Waals surface area contributed by atoms with Crippen LogP contribution >= 0.6 is 0 Å². The van der Waals surface area contributed by atoms with E-state index in [-0.39, 0.29) is 25.0 Å². The van der Waals surface area contributed by atoms with E-state index in [1.165, 1.54) is 4.90 Å². The molecule has 1 aromatic rings. The largest absolute Gasteiger partial charge is 0.479 e. The maximum Gasteiger partial charge on any atom is 0.334 e. The molecular weight excluding hydrogens is 272 g/mol. The summed E-state index contributed by atoms with van der Waals surface area (Å²) in [7, 11) is 0. The Morgan fingerprint density at radius 2 is 2.24 bits per heavy atom. The highest BCUT2D eigenvalue weighted by Gasteiger charge is 2.32. The van der Waals surface area contributed by atoms with Crippen molar-refractivity contribution in [2.24, 2.45) is 0 Å². The van der Waals surface area contributed by atoms with Gasteiger partial charge in [0.15, 0.2) is 6.10 Å². The van der Waals surface area contributed by atoms with Crippen LogP contribution in [0.2, 0.25) is 0 Å². The SMILES string of the molecule is C[C@@H]1CN(C(=O)c2cccc(CC#N)c2)CC(C(=O)O)O1. The summed E-state index contributed by atoms with van der Waals surface area (Å²) in [6, 6.07) is 8.87. The van der Waals surface area contributed by atoms with Crippen molar-refractivity contribution in [3.05, 3.63) is 35.4 Å². The number of morpholine rings is 1. The van der Waals surface area contributed by atoms with Crippen LogP contribution in [0.4, 0.5) is 0 Å². The first-order chi connectivity index (χ1) is 10.0. The summed E-state index contributed by atoms with van der Waals surface area (Å²) in [5, 5.41) is 17.7. The van der Waals surface area contributed by atoms with E-state index in [0.717, 1.165) is 5.56 Å². The number of hydrogen-bond donors (Lipinski definition) is 1. The van der Waals surface area contributed by atoms with Crippen molar-refractivity contribution in [3.8, 4) is 6.07 Å². The number of carbonyl (C=O) groups excluding carboxylic acids is 1. The molecule has 1 unspecified atom stereocenters. The van der Waals surface area contributed by atoms with Gasteiger partial charge in [-0.3, -0.25) is 4.79 Å². The zero-order chi connectivity index (χ0) is 15.4. The Balaban J connectivity index is 2.17. The predicted molar refractivity (Wildman–Crippen MR) is 73.6 cm³/mol. The van der Waals surface area contributed by atoms with Crippen LogP contribution < -0.4 is 0 Å². The molecule has 0 radical (unpaired) electrons. The second-order valence-electron chi connectivity index (χ2n) is 5.02. The molecule has 1 fully saturated rings. The molecule has 1 aliphatic heterocycles. The Bertz CT molecular complexity index is 594. The maximum absolute atomic E-state index is 12.5. The molecule has 1 heterocycles. The van der Waals surface area contributed by atoms with Crippen molar-refractivity contribution < 1.29 is 19.4 Å². The number of nitrogens with zero attached hydrogens (tertiary/aromatic N) is 2. The van der Waals surface area contributed by atoms with Crippen LogP contribution in [0.3, 0.4) is 0 Å². The monoisotopic (exact) mass is 288 g/mol. The average Bonchev–Trinajstić information content (AvgIpc) is 2.46. The predicted octanol–water partition coefficient (Wildman–Crippen LogP) is 1.07. The number of carbonyl (C=O) groups is 2. The number of benzene rings is 1. The number of ether oxygens (including phenoxy) is 1. The van der Waals surface area contributed by atoms with Crippen molar-refractivity contribution in [3.63, 3.8) is 0 Å². The maximum atomic E-state index is 12.5. The lowest BCUT2D eigenvalue weighted by atomic mass is 10.1. The van der Waals surface area contributed by atoms with E-state index in [9.17, 15) is 9.59 Å². The number of amides is 1. The lowest BCUT2D eigenvalue weighted by Gasteiger charge is -2.35. The van der Waals surface area contributed by atoms with E-state index in [2.05, 4.69) is 0 Å². The molecule has 0 aliphatic carbocycles. The summed E-state index contributed by atoms with van der Waals surface area (Å²) in [6.07, 6.45) is -1.09. The van der Waals surface area contributed by atoms with Gasteiger partial charge in [-0.05, 0) is 24.6 Å². The topological polar surface area (TPSA) is 90.6 Å². The van der Waals surface area contributed by atoms with Crippen molar-refractivity contribution in [2.75, 3.05) is 13.1 Å². The van der Waals surface area contributed by atoms with Gasteiger partial charge in [0.25, 0.3) is 5.91 Å². The molecule has 0 aromatic heterocycles. The summed E-state index contributed by atoms with van der Waals surface area (Å²) < 4.78 is 5.29. The highest BCUT2D eigenvalue weighted by Crippen LogP contribution is 2.16. The molecule has 0 spiro atoms. The molecule has 2 rings (SSSR count). The van der Waals surface area contributed by atoms with Gasteiger partial charge in [-0.1, -0.05) is 12.1 Å². The molecule has 6 nitrogen and oxygen atoms in total. The standard InChI is InChI=1S/C15H16N2O4/c1-10-8-17(9-13(21-10)15(19)20)14(18)12-4-2-3-11(7-12)5-6-16/h2-4,7,10,13H,5,8-9H2,1H3,(H,19,20)/t10-,13?/m1/s1. The van der Waals surface area contributed by atoms with Gasteiger partial charge in [0.05, 0.1) is 25.1 Å². The summed E-state index contributed by atoms with van der Waals surface area (Å²) in [4.78, 5) is 25.0. The first-order valence-corrected chi connectivity index (χ1v) is 6.64. The van der Waals surface area contributed by atoms with Crippen molar-refractivity contribution in [1.82, 2.24) is 4.90 Å². The van der Waals surface area contributed by atoms with Crippen LogP contribution in [0.1, 0.15) is 22.8 Å². The van der Waals surface area contributed by atoms with Crippen LogP contribution in [-0.2, 0) is 16.0 Å². The van der Waals surface area contributed by atoms with Gasteiger partial charge in [0, 0.05) is 12.1 Å². The smallest absolute Gasteiger partial charge is 0.334 e. The minimum Gasteiger partial charge on any atom is -0.479 e. The Hall–Kier alpha value is -2.39. The first kappa shape index (κ1) is 15.0. The lowest BCUT2D eigenvalue weighted by molar-refractivity contribution is -0.160. The normalized spacial score (nSPS) is 21.6. The highest BCUT2D eigenvalue weighted by atomic mass is 16.5. The van der Waals surface area contributed by atoms with Gasteiger partial charge in [-0.15, -0.1) is 0 Å². The fraction of sp³-hybridized carbons (Fsp3) is 0.400. The number of aliphatic carboxylic acids is 1. The molecule has 6 heteroatoms. The summed E-state index contributed by atoms with van der Waals surface area (Å²) in [5.74, 6) is -1.31. The van der Waals surface area contributed by atoms with E-state index in [0.29, 0.717) is 12.1 Å². The molecule has 1 saturated heterocycles. The molecule has 2 atom stereocenters. The number of hydrogen-bond acceptors (Lipinski definition) is 4. The first-order valence-electron chi connectivity index (χ1n) is 6.64. The quantitative estimate of drug-likeness (QED) is 0.898. The van der Waals surface area contributed by atoms with Crippen molar-refractivity contribution in [1.29, 1.82) is 5.26 Å². The second-order valence-corrected chi connectivity index (χ2v) is 5.02. The molecule has 0 bridgehead atoms. The van der Waals surface area contributed by atoms with Crippen LogP contribution in [-0.4, -0.2) is 47.2 Å². The Morgan fingerprint density at radius 1 is 1.48 bits per heavy atom. The number of carboxylic acids is 1. The number of carboxylic acid groups (broad SMARTS) is 1. The van der Waals surface area contributed by atoms with Gasteiger partial charge in [0.1, 0.15) is 0 Å². The Labute approximate surface area is 122 Å². The fourth-order valence-corrected chi connectivity index (χ4v) is 2.34. The number of nitriles is 1. The lowest BCUT2D eigenvalue weighted by Crippen LogP contribution is -2.51. The van der Waals surface area contributed by atoms with Crippen molar-refractivity contribution >= 4 is 11.9 Å². The third kappa shape index (κ3) is 3.58. The van der Waals surface area contributed by atoms with Crippen molar-refractivity contribution in [2.45, 2.75) is 25.6 Å². The molecule has 1 aliphatic rings. The minimum atomic E-state index is -1.07. The van der Waals surface area contributed by atoms with Gasteiger partial charge in [-0.25, -0.2) is 4.79 Å². The minimum absolute atomic E-state index is 0.0288. The zero-order valence-electron chi connectivity index (χ0n) is 11.7. The van der Waals surface area contributed by atoms with E-state index < -0.39 is 12.1 Å². The molecule has 110 valence electrons. The molecule has 21 heavy (non-hydrogen) atoms. The Morgan fingerprint density at radius 3 is 2.90 bits per heavy atom. The molecule has 1 N–H and O–H groups in total. The van der Waals surface area contributed by atoms with Gasteiger partial charge >= 0.3 is 5.97 Å². The third-order valence-corrected chi connectivity index (χ3v) is 3.28. The van der Waals surface area contributed by atoms with E-state index in [1.54, 1.807) is 31.2 Å². The second kappa shape index (κ2) is 6.37. The van der Waals surface area contributed by atoms with E-state index >= 15 is 0 Å². The van der Waals surface area contributed by atoms with Crippen LogP contribution in [0.5, 0.6) is 0 Å². The van der Waals surface area contributed by atoms with Gasteiger partial charge in [-0.2, -0.15) is 5.26 Å².